The van der Waals surface area contributed by atoms with E-state index in [1.807, 2.05) is 0 Å². The van der Waals surface area contributed by atoms with Gasteiger partial charge in [-0.15, -0.1) is 0 Å². The van der Waals surface area contributed by atoms with E-state index in [1.54, 1.807) is 7.11 Å². The lowest BCUT2D eigenvalue weighted by molar-refractivity contribution is -0.143. The molecule has 4 heteroatoms. The maximum atomic E-state index is 11.5. The Morgan fingerprint density at radius 2 is 2.20 bits per heavy atom. The van der Waals surface area contributed by atoms with Crippen LogP contribution in [0.25, 0.3) is 0 Å². The normalized spacial score (nSPS) is 18.3. The van der Waals surface area contributed by atoms with Crippen molar-refractivity contribution in [1.29, 1.82) is 0 Å². The third-order valence-corrected chi connectivity index (χ3v) is 2.98. The monoisotopic (exact) mass is 215 g/mol. The highest BCUT2D eigenvalue weighted by Gasteiger charge is 2.26. The quantitative estimate of drug-likeness (QED) is 0.507. The molecule has 0 amide bonds. The second-order valence-electron chi connectivity index (χ2n) is 4.06. The molecule has 88 valence electrons. The Bertz CT molecular complexity index is 192. The number of carbonyl (C=O) groups is 1. The van der Waals surface area contributed by atoms with Crippen LogP contribution in [-0.2, 0) is 14.3 Å². The van der Waals surface area contributed by atoms with Gasteiger partial charge in [0, 0.05) is 13.7 Å². The summed E-state index contributed by atoms with van der Waals surface area (Å²) in [7, 11) is 3.09. The zero-order valence-corrected chi connectivity index (χ0v) is 9.62. The molecule has 0 aliphatic heterocycles. The van der Waals surface area contributed by atoms with E-state index in [-0.39, 0.29) is 12.0 Å². The van der Waals surface area contributed by atoms with Crippen molar-refractivity contribution in [1.82, 2.24) is 5.32 Å². The molecule has 1 saturated carbocycles. The minimum atomic E-state index is -0.157. The highest BCUT2D eigenvalue weighted by atomic mass is 16.5. The summed E-state index contributed by atoms with van der Waals surface area (Å²) in [5, 5.41) is 3.17. The van der Waals surface area contributed by atoms with Gasteiger partial charge >= 0.3 is 5.97 Å². The maximum Gasteiger partial charge on any atom is 0.322 e. The number of ether oxygens (including phenoxy) is 2. The maximum absolute atomic E-state index is 11.5. The second-order valence-corrected chi connectivity index (χ2v) is 4.06. The predicted octanol–water partition coefficient (Wildman–Crippen LogP) is 0.954. The van der Waals surface area contributed by atoms with E-state index >= 15 is 0 Å². The van der Waals surface area contributed by atoms with E-state index in [4.69, 9.17) is 9.47 Å². The molecule has 0 spiro atoms. The number of nitrogens with one attached hydrogen (secondary N) is 1. The fraction of sp³-hybridized carbons (Fsp3) is 0.909. The summed E-state index contributed by atoms with van der Waals surface area (Å²) in [5.41, 5.74) is 0. The van der Waals surface area contributed by atoms with Crippen LogP contribution >= 0.6 is 0 Å². The largest absolute Gasteiger partial charge is 0.468 e. The number of hydrogen-bond acceptors (Lipinski definition) is 4. The average Bonchev–Trinajstić information content (AvgIpc) is 2.19. The van der Waals surface area contributed by atoms with Crippen LogP contribution in [0.15, 0.2) is 0 Å². The van der Waals surface area contributed by atoms with Crippen LogP contribution < -0.4 is 5.32 Å². The topological polar surface area (TPSA) is 47.6 Å². The van der Waals surface area contributed by atoms with E-state index in [9.17, 15) is 4.79 Å². The minimum Gasteiger partial charge on any atom is -0.468 e. The number of methoxy groups -OCH3 is 2. The SMILES string of the molecule is COCCNC(CC1CCC1)C(=O)OC. The minimum absolute atomic E-state index is 0.155. The van der Waals surface area contributed by atoms with E-state index < -0.39 is 0 Å². The Morgan fingerprint density at radius 3 is 2.67 bits per heavy atom. The van der Waals surface area contributed by atoms with Gasteiger partial charge < -0.3 is 14.8 Å². The fourth-order valence-corrected chi connectivity index (χ4v) is 1.80. The molecule has 1 unspecified atom stereocenters. The van der Waals surface area contributed by atoms with Crippen molar-refractivity contribution >= 4 is 5.97 Å². The Morgan fingerprint density at radius 1 is 1.47 bits per heavy atom. The predicted molar refractivity (Wildman–Crippen MR) is 57.6 cm³/mol. The van der Waals surface area contributed by atoms with Crippen molar-refractivity contribution in [2.75, 3.05) is 27.4 Å². The number of carbonyl (C=O) groups excluding carboxylic acids is 1. The lowest BCUT2D eigenvalue weighted by atomic mass is 9.81. The van der Waals surface area contributed by atoms with Gasteiger partial charge in [0.25, 0.3) is 0 Å². The molecule has 0 saturated heterocycles. The summed E-state index contributed by atoms with van der Waals surface area (Å²) >= 11 is 0. The van der Waals surface area contributed by atoms with Crippen molar-refractivity contribution in [3.8, 4) is 0 Å². The standard InChI is InChI=1S/C11H21NO3/c1-14-7-6-12-10(11(13)15-2)8-9-4-3-5-9/h9-10,12H,3-8H2,1-2H3. The van der Waals surface area contributed by atoms with Crippen molar-refractivity contribution in [2.45, 2.75) is 31.7 Å². The van der Waals surface area contributed by atoms with Gasteiger partial charge in [0.05, 0.1) is 13.7 Å². The molecule has 0 aromatic carbocycles. The molecule has 0 aromatic heterocycles. The Hall–Kier alpha value is -0.610. The van der Waals surface area contributed by atoms with Gasteiger partial charge in [0.15, 0.2) is 0 Å². The van der Waals surface area contributed by atoms with Crippen LogP contribution in [0.3, 0.4) is 0 Å². The van der Waals surface area contributed by atoms with E-state index in [0.29, 0.717) is 19.1 Å². The Labute approximate surface area is 91.3 Å². The third-order valence-electron chi connectivity index (χ3n) is 2.98. The van der Waals surface area contributed by atoms with Gasteiger partial charge in [-0.2, -0.15) is 0 Å². The fourth-order valence-electron chi connectivity index (χ4n) is 1.80. The highest BCUT2D eigenvalue weighted by molar-refractivity contribution is 5.75. The van der Waals surface area contributed by atoms with Crippen LogP contribution in [0.5, 0.6) is 0 Å². The molecule has 4 nitrogen and oxygen atoms in total. The zero-order valence-electron chi connectivity index (χ0n) is 9.62. The van der Waals surface area contributed by atoms with Crippen LogP contribution in [0.2, 0.25) is 0 Å². The molecule has 0 heterocycles. The molecule has 1 atom stereocenters. The first kappa shape index (κ1) is 12.5. The molecule has 0 radical (unpaired) electrons. The van der Waals surface area contributed by atoms with E-state index in [2.05, 4.69) is 5.32 Å². The molecular formula is C11H21NO3. The van der Waals surface area contributed by atoms with Crippen molar-refractivity contribution < 1.29 is 14.3 Å². The van der Waals surface area contributed by atoms with Crippen molar-refractivity contribution in [2.24, 2.45) is 5.92 Å². The molecule has 1 fully saturated rings. The van der Waals surface area contributed by atoms with Crippen LogP contribution in [-0.4, -0.2) is 39.4 Å². The first-order chi connectivity index (χ1) is 7.27. The number of hydrogen-bond donors (Lipinski definition) is 1. The van der Waals surface area contributed by atoms with Gasteiger partial charge in [-0.3, -0.25) is 4.79 Å². The van der Waals surface area contributed by atoms with Crippen molar-refractivity contribution in [3.63, 3.8) is 0 Å². The number of rotatable bonds is 7. The molecule has 1 rings (SSSR count). The summed E-state index contributed by atoms with van der Waals surface area (Å²) in [5.74, 6) is 0.544. The zero-order chi connectivity index (χ0) is 11.1. The van der Waals surface area contributed by atoms with Crippen molar-refractivity contribution in [3.05, 3.63) is 0 Å². The van der Waals surface area contributed by atoms with E-state index in [1.165, 1.54) is 26.4 Å². The highest BCUT2D eigenvalue weighted by Crippen LogP contribution is 2.30. The third kappa shape index (κ3) is 4.18. The molecule has 15 heavy (non-hydrogen) atoms. The van der Waals surface area contributed by atoms with Crippen LogP contribution in [0, 0.1) is 5.92 Å². The summed E-state index contributed by atoms with van der Waals surface area (Å²) in [6.45, 7) is 1.32. The summed E-state index contributed by atoms with van der Waals surface area (Å²) in [4.78, 5) is 11.5. The Balaban J connectivity index is 2.27. The average molecular weight is 215 g/mol. The van der Waals surface area contributed by atoms with Gasteiger partial charge in [0.1, 0.15) is 6.04 Å². The molecular weight excluding hydrogens is 194 g/mol. The number of esters is 1. The Kier molecular flexibility index (Phi) is 5.65. The summed E-state index contributed by atoms with van der Waals surface area (Å²) in [6.07, 6.45) is 4.70. The van der Waals surface area contributed by atoms with Gasteiger partial charge in [0.2, 0.25) is 0 Å². The van der Waals surface area contributed by atoms with E-state index in [0.717, 1.165) is 6.42 Å². The van der Waals surface area contributed by atoms with Gasteiger partial charge in [-0.05, 0) is 12.3 Å². The lowest BCUT2D eigenvalue weighted by Crippen LogP contribution is -2.41. The van der Waals surface area contributed by atoms with Crippen LogP contribution in [0.1, 0.15) is 25.7 Å². The summed E-state index contributed by atoms with van der Waals surface area (Å²) < 4.78 is 9.71. The molecule has 1 aliphatic rings. The van der Waals surface area contributed by atoms with Gasteiger partial charge in [-0.1, -0.05) is 19.3 Å². The second kappa shape index (κ2) is 6.80. The molecule has 0 aromatic rings. The molecule has 1 aliphatic carbocycles. The molecule has 0 bridgehead atoms. The first-order valence-electron chi connectivity index (χ1n) is 5.58. The van der Waals surface area contributed by atoms with Gasteiger partial charge in [-0.25, -0.2) is 0 Å². The van der Waals surface area contributed by atoms with Crippen LogP contribution in [0.4, 0.5) is 0 Å². The summed E-state index contributed by atoms with van der Waals surface area (Å²) in [6, 6.07) is -0.157. The lowest BCUT2D eigenvalue weighted by Gasteiger charge is -2.28. The smallest absolute Gasteiger partial charge is 0.322 e. The molecule has 1 N–H and O–H groups in total. The first-order valence-corrected chi connectivity index (χ1v) is 5.58.